The zero-order chi connectivity index (χ0) is 104. The van der Waals surface area contributed by atoms with E-state index in [0.717, 1.165) is 69.7 Å². The van der Waals surface area contributed by atoms with E-state index in [1.54, 1.807) is 11.5 Å². The topological polar surface area (TPSA) is 973 Å². The number of phosphoric ester groups is 5. The summed E-state index contributed by atoms with van der Waals surface area (Å²) in [6, 6.07) is 2.06. The molecule has 7 fully saturated rings. The zero-order valence-corrected chi connectivity index (χ0v) is 79.5. The van der Waals surface area contributed by atoms with Crippen molar-refractivity contribution in [3.63, 3.8) is 0 Å². The van der Waals surface area contributed by atoms with Crippen molar-refractivity contribution in [2.45, 2.75) is 168 Å². The number of phosphoric acid groups is 5. The molecule has 7 aliphatic rings. The first-order valence-corrected chi connectivity index (χ1v) is 51.0. The van der Waals surface area contributed by atoms with Crippen LogP contribution in [0.5, 0.6) is 0 Å². The molecule has 0 spiro atoms. The number of nitrogen functional groups attached to an aromatic ring is 5. The van der Waals surface area contributed by atoms with Gasteiger partial charge in [0, 0.05) is 82.2 Å². The molecule has 1 amide bonds. The maximum atomic E-state index is 14.7. The molecular formula is C72H90N29O40P5. The van der Waals surface area contributed by atoms with Gasteiger partial charge < -0.3 is 132 Å². The number of aliphatic hydroxyl groups excluding tert-OH is 6. The molecule has 0 aliphatic carbocycles. The molecule has 0 aromatic carbocycles. The van der Waals surface area contributed by atoms with Crippen LogP contribution in [0, 0.1) is 6.92 Å². The number of hydrogen-bond acceptors (Lipinski definition) is 53. The number of nitrogens with zero attached hydrogens (tertiary/aromatic N) is 19. The van der Waals surface area contributed by atoms with Crippen LogP contribution < -0.4 is 83.4 Å². The van der Waals surface area contributed by atoms with Crippen molar-refractivity contribution < 1.29 is 156 Å². The number of amides is 1. The number of pyridine rings is 1. The zero-order valence-electron chi connectivity index (χ0n) is 75.0. The fourth-order valence-corrected chi connectivity index (χ4v) is 21.9. The largest absolute Gasteiger partial charge is 0.472 e. The first-order valence-electron chi connectivity index (χ1n) is 43.5. The van der Waals surface area contributed by atoms with Gasteiger partial charge in [-0.1, -0.05) is 0 Å². The van der Waals surface area contributed by atoms with Crippen LogP contribution in [0.4, 0.5) is 35.3 Å². The lowest BCUT2D eigenvalue weighted by Crippen LogP contribution is -2.44. The fourth-order valence-electron chi connectivity index (χ4n) is 17.1. The van der Waals surface area contributed by atoms with E-state index in [-0.39, 0.29) is 45.9 Å². The molecule has 11 aromatic rings. The van der Waals surface area contributed by atoms with Gasteiger partial charge in [0.05, 0.1) is 57.4 Å². The first-order chi connectivity index (χ1) is 69.2. The number of aliphatic hydroxyl groups is 6. The number of hydrogen-bond donors (Lipinski definition) is 21. The summed E-state index contributed by atoms with van der Waals surface area (Å²) in [5, 5.41) is 76.2. The number of aryl methyl sites for hydroxylation is 2. The lowest BCUT2D eigenvalue weighted by molar-refractivity contribution is -0.0656. The highest BCUT2D eigenvalue weighted by Gasteiger charge is 2.58. The third kappa shape index (κ3) is 21.4. The molecule has 0 radical (unpaired) electrons. The number of anilines is 6. The van der Waals surface area contributed by atoms with Crippen LogP contribution in [0.15, 0.2) is 102 Å². The number of nitrogens with one attached hydrogen (secondary N) is 5. The van der Waals surface area contributed by atoms with Crippen molar-refractivity contribution in [3.05, 3.63) is 152 Å². The molecule has 0 saturated carbocycles. The Morgan fingerprint density at radius 3 is 1.37 bits per heavy atom. The monoisotopic (exact) mass is 2160 g/mol. The number of aromatic amines is 3. The van der Waals surface area contributed by atoms with E-state index in [4.69, 9.17) is 102 Å². The SMILES string of the molecule is CCn1cc(C(=O)NC[C@H]2O[C@@H](n3cc(C)c(=O)[nH]c3=O)C[C@@H]2OP(=O)(O)OC[C@H]2O[C@@H](n3cnc4c(=O)[nH]c(N)nc43)[C@H](O)[C@@H]2OP(=O)(O)OC[C@H]2O[C@@H](n3ccc(N)nc3=O)[C@H](O)[C@@H]2OP(=O)(O)OC[C@H]2O[C@@H](n3cnc4c(=O)[nH]c(N)nc43)[C@H](O)[C@@H]2OP(=O)(O)OC[C@H]2O[C@@H](n3ccc(N)nc3=O)[C@H](O)[C@@H]2OP(=O)(O)OC[C@H]2O[C@@H](n3cnc4c(N)ncnc43)[C@H](O)[C@@H]2O)c(=O)c2cnc(N3CCNCC3)nc21. The Kier molecular flexibility index (Phi) is 29.3. The van der Waals surface area contributed by atoms with Crippen LogP contribution in [-0.2, 0) is 103 Å². The molecule has 0 bridgehead atoms. The predicted octanol–water partition coefficient (Wildman–Crippen LogP) is -8.21. The molecule has 28 atom stereocenters. The summed E-state index contributed by atoms with van der Waals surface area (Å²) in [5.41, 5.74) is 20.2. The van der Waals surface area contributed by atoms with Crippen LogP contribution in [0.25, 0.3) is 44.5 Å². The third-order valence-electron chi connectivity index (χ3n) is 24.1. The molecular weight excluding hydrogens is 2070 g/mol. The molecule has 146 heavy (non-hydrogen) atoms. The van der Waals surface area contributed by atoms with Gasteiger partial charge in [0.1, 0.15) is 145 Å². The second-order valence-corrected chi connectivity index (χ2v) is 40.6. The number of fused-ring (bicyclic) bond motifs is 4. The highest BCUT2D eigenvalue weighted by molar-refractivity contribution is 7.48. The molecule has 7 saturated heterocycles. The Hall–Kier alpha value is -11.7. The van der Waals surface area contributed by atoms with E-state index < -0.39 is 317 Å². The number of carbonyl (C=O) groups excluding carboxylic acids is 1. The highest BCUT2D eigenvalue weighted by Crippen LogP contribution is 2.57. The molecule has 18 heterocycles. The predicted molar refractivity (Wildman–Crippen MR) is 481 cm³/mol. The minimum absolute atomic E-state index is 0.00779. The quantitative estimate of drug-likeness (QED) is 0.0162. The average Bonchev–Trinajstić information content (AvgIpc) is 1.60. The van der Waals surface area contributed by atoms with E-state index in [1.807, 2.05) is 4.90 Å². The van der Waals surface area contributed by atoms with Gasteiger partial charge in [0.2, 0.25) is 23.3 Å². The smallest absolute Gasteiger partial charge is 0.387 e. The highest BCUT2D eigenvalue weighted by atomic mass is 31.2. The summed E-state index contributed by atoms with van der Waals surface area (Å²) < 4.78 is 169. The minimum atomic E-state index is -6.09. The van der Waals surface area contributed by atoms with Crippen molar-refractivity contribution in [1.82, 2.24) is 112 Å². The Balaban J connectivity index is 0.577. The van der Waals surface area contributed by atoms with Crippen LogP contribution in [0.3, 0.4) is 0 Å². The second-order valence-electron chi connectivity index (χ2n) is 33.6. The molecule has 69 nitrogen and oxygen atoms in total. The second kappa shape index (κ2) is 41.1. The van der Waals surface area contributed by atoms with E-state index in [1.165, 1.54) is 23.9 Å². The standard InChI is InChI=1S/C72H90N29O40P5/c1-3-94-16-28(42(102)27-13-80-69(90-54(27)94)95-10-6-78-7-11-95)59(110)79-14-30-29(12-38(131-30)98-15-26(2)58(109)93-72(98)115)137-142(116,117)127-18-34-51(47(107)65(135-34)100-24-84-40-56(100)88-67(76)91-60(40)111)140-145(122,123)129-20-33-50(46(106)64(134-33)97-9-5-37(74)87-71(97)114)139-144(120,121)130-21-35-52(48(108)66(136-35)101-25-85-41-57(101)89-68(77)92-61(41)112)141-146(124,125)128-19-32-49(45(105)63(133-32)96-8-4-36(73)86-70(96)113)138-143(118,119)126-17-31-43(103)44(104)62(132-31)99-23-83-39-53(75)81-22-82-55(39)99/h4-5,8-9,13,15-16,22-25,29-35,38,43-52,62-66,78,103-108H,3,6-7,10-12,14,17-21H2,1-2H3,(H,79,110)(H,116,117)(H,118,119)(H,120,121)(H,122,123)(H,124,125)(H2,73,86,113)(H2,74,87,114)(H2,75,81,82)(H,93,109,115)(H3,76,88,91,111)(H3,77,89,92,112)/t29-,30+,31+,32+,33+,34+,35+,38+,43+,44+,45+,46+,47+,48+,49+,50+,51+,52+,62+,63+,64+,65+,66+/m0/s1. The van der Waals surface area contributed by atoms with Gasteiger partial charge in [-0.05, 0) is 26.0 Å². The van der Waals surface area contributed by atoms with E-state index in [2.05, 4.69) is 80.4 Å². The first kappa shape index (κ1) is 104. The van der Waals surface area contributed by atoms with Crippen molar-refractivity contribution >= 4 is 125 Å². The number of aromatic nitrogens is 21. The normalized spacial score (nSPS) is 29.7. The van der Waals surface area contributed by atoms with E-state index in [9.17, 15) is 116 Å². The molecule has 11 aromatic heterocycles. The number of rotatable bonds is 36. The molecule has 18 rings (SSSR count). The molecule has 7 aliphatic heterocycles. The van der Waals surface area contributed by atoms with Crippen LogP contribution in [0.1, 0.15) is 66.6 Å². The van der Waals surface area contributed by atoms with Gasteiger partial charge in [-0.3, -0.25) is 112 Å². The Bertz CT molecular complexity index is 7550. The number of H-pyrrole nitrogens is 3. The average molecular weight is 2160 g/mol. The number of carbonyl (C=O) groups is 1. The molecule has 788 valence electrons. The van der Waals surface area contributed by atoms with Gasteiger partial charge in [-0.25, -0.2) is 67.1 Å². The summed E-state index contributed by atoms with van der Waals surface area (Å²) in [6.45, 7) is -1.75. The lowest BCUT2D eigenvalue weighted by Gasteiger charge is -2.27. The number of ether oxygens (including phenoxy) is 6. The van der Waals surface area contributed by atoms with Crippen LogP contribution >= 0.6 is 39.1 Å². The molecule has 5 unspecified atom stereocenters. The summed E-state index contributed by atoms with van der Waals surface area (Å²) >= 11 is 0. The van der Waals surface area contributed by atoms with Gasteiger partial charge in [0.15, 0.2) is 64.9 Å². The van der Waals surface area contributed by atoms with Gasteiger partial charge >= 0.3 is 56.2 Å². The lowest BCUT2D eigenvalue weighted by atomic mass is 10.1. The van der Waals surface area contributed by atoms with Crippen molar-refractivity contribution in [2.75, 3.05) is 99.3 Å². The summed E-state index contributed by atoms with van der Waals surface area (Å²) in [4.78, 5) is 218. The maximum absolute atomic E-state index is 14.7. The number of imidazole rings is 3. The van der Waals surface area contributed by atoms with Crippen LogP contribution in [0.2, 0.25) is 0 Å². The Morgan fingerprint density at radius 2 is 0.904 bits per heavy atom. The van der Waals surface area contributed by atoms with Gasteiger partial charge in [-0.15, -0.1) is 0 Å². The van der Waals surface area contributed by atoms with Crippen molar-refractivity contribution in [1.29, 1.82) is 0 Å². The molecule has 26 N–H and O–H groups in total. The number of piperazine rings is 1. The minimum Gasteiger partial charge on any atom is -0.387 e. The fraction of sp³-hybridized carbons (Fsp3) is 0.514. The summed E-state index contributed by atoms with van der Waals surface area (Å²) in [6.07, 6.45) is -38.6. The van der Waals surface area contributed by atoms with Crippen molar-refractivity contribution in [3.8, 4) is 0 Å². The Labute approximate surface area is 810 Å². The van der Waals surface area contributed by atoms with Gasteiger partial charge in [-0.2, -0.15) is 24.9 Å². The van der Waals surface area contributed by atoms with E-state index >= 15 is 0 Å². The summed E-state index contributed by atoms with van der Waals surface area (Å²) in [5.74, 6) is -2.55. The third-order valence-corrected chi connectivity index (χ3v) is 29.1. The van der Waals surface area contributed by atoms with Crippen LogP contribution in [-0.4, -0.2) is 332 Å². The van der Waals surface area contributed by atoms with Crippen molar-refractivity contribution in [2.24, 2.45) is 0 Å². The number of nitrogens with two attached hydrogens (primary N) is 5. The Morgan fingerprint density at radius 1 is 0.473 bits per heavy atom. The summed E-state index contributed by atoms with van der Waals surface area (Å²) in [7, 11) is -29.5. The maximum Gasteiger partial charge on any atom is 0.472 e. The van der Waals surface area contributed by atoms with Gasteiger partial charge in [0.25, 0.3) is 22.6 Å². The van der Waals surface area contributed by atoms with E-state index in [0.29, 0.717) is 41.3 Å². The molecule has 74 heteroatoms.